The van der Waals surface area contributed by atoms with Gasteiger partial charge in [0.05, 0.1) is 0 Å². The molecule has 0 radical (unpaired) electrons. The van der Waals surface area contributed by atoms with E-state index in [0.29, 0.717) is 0 Å². The molecule has 0 fully saturated rings. The summed E-state index contributed by atoms with van der Waals surface area (Å²) in [6.07, 6.45) is 3.69. The zero-order valence-electron chi connectivity index (χ0n) is 5.15. The third-order valence-electron chi connectivity index (χ3n) is 0.471. The first-order valence-electron chi connectivity index (χ1n) is 2.25. The van der Waals surface area contributed by atoms with Crippen LogP contribution in [0.4, 0.5) is 0 Å². The summed E-state index contributed by atoms with van der Waals surface area (Å²) in [5.41, 5.74) is 0. The fraction of sp³-hybridized carbons (Fsp3) is 0.143. The molecule has 0 bridgehead atoms. The van der Waals surface area contributed by atoms with Crippen molar-refractivity contribution in [3.05, 3.63) is 36.4 Å². The van der Waals surface area contributed by atoms with Gasteiger partial charge in [0.1, 0.15) is 0 Å². The molecule has 0 rings (SSSR count). The van der Waals surface area contributed by atoms with Crippen molar-refractivity contribution in [2.75, 3.05) is 0 Å². The molecule has 0 heterocycles. The van der Waals surface area contributed by atoms with Gasteiger partial charge < -0.3 is 0 Å². The molecule has 8 heavy (non-hydrogen) atoms. The molecule has 0 aliphatic rings. The van der Waals surface area contributed by atoms with Gasteiger partial charge in [-0.2, -0.15) is 0 Å². The summed E-state index contributed by atoms with van der Waals surface area (Å²) in [6, 6.07) is 0. The second-order valence-corrected chi connectivity index (χ2v) is 1.79. The number of halogens is 1. The Morgan fingerprint density at radius 1 is 1.50 bits per heavy atom. The van der Waals surface area contributed by atoms with E-state index in [1.807, 2.05) is 13.0 Å². The lowest BCUT2D eigenvalue weighted by molar-refractivity contribution is 1.72. The second-order valence-electron chi connectivity index (χ2n) is 0.878. The van der Waals surface area contributed by atoms with Crippen molar-refractivity contribution in [3.8, 4) is 0 Å². The number of hydrogen-bond acceptors (Lipinski definition) is 0. The Bertz CT molecular complexity index is 82.4. The van der Waals surface area contributed by atoms with E-state index < -0.39 is 0 Å². The topological polar surface area (TPSA) is 0 Å². The van der Waals surface area contributed by atoms with Crippen molar-refractivity contribution in [2.45, 2.75) is 6.92 Å². The first kappa shape index (κ1) is 10.6. The fourth-order valence-corrected chi connectivity index (χ4v) is 0.118. The molecule has 0 nitrogen and oxygen atoms in total. The first-order chi connectivity index (χ1) is 3.81. The van der Waals surface area contributed by atoms with Crippen molar-refractivity contribution in [1.82, 2.24) is 0 Å². The summed E-state index contributed by atoms with van der Waals surface area (Å²) in [5, 5.41) is 0. The van der Waals surface area contributed by atoms with Crippen LogP contribution in [-0.4, -0.2) is 0 Å². The molecule has 0 aromatic carbocycles. The molecule has 0 amide bonds. The van der Waals surface area contributed by atoms with Crippen molar-refractivity contribution in [1.29, 1.82) is 0 Å². The van der Waals surface area contributed by atoms with E-state index in [0.717, 1.165) is 4.48 Å². The Morgan fingerprint density at radius 3 is 1.88 bits per heavy atom. The van der Waals surface area contributed by atoms with Crippen LogP contribution in [0.5, 0.6) is 0 Å². The number of allylic oxidation sites excluding steroid dienone is 3. The Hall–Kier alpha value is -0.300. The molecule has 0 N–H and O–H groups in total. The van der Waals surface area contributed by atoms with Gasteiger partial charge in [0.15, 0.2) is 0 Å². The molecular formula is C7H11Br. The molecule has 0 unspecified atom stereocenters. The van der Waals surface area contributed by atoms with Crippen molar-refractivity contribution in [3.63, 3.8) is 0 Å². The number of hydrogen-bond donors (Lipinski definition) is 0. The molecular weight excluding hydrogens is 164 g/mol. The minimum absolute atomic E-state index is 1.04. The zero-order chi connectivity index (χ0) is 6.99. The maximum absolute atomic E-state index is 3.52. The maximum Gasteiger partial charge on any atom is 0.0126 e. The van der Waals surface area contributed by atoms with E-state index in [9.17, 15) is 0 Å². The third kappa shape index (κ3) is 9.20. The van der Waals surface area contributed by atoms with E-state index in [-0.39, 0.29) is 0 Å². The largest absolute Gasteiger partial charge is 0.106 e. The standard InChI is InChI=1S/C5H7Br.C2H4/c1-3-5(6)4-2;1-2/h3-4H,1H2,2H3;1-2H2/b5-4+;. The predicted octanol–water partition coefficient (Wildman–Crippen LogP) is 3.27. The average molecular weight is 175 g/mol. The van der Waals surface area contributed by atoms with E-state index in [1.165, 1.54) is 0 Å². The van der Waals surface area contributed by atoms with Gasteiger partial charge in [-0.05, 0) is 6.92 Å². The molecule has 0 aliphatic heterocycles. The van der Waals surface area contributed by atoms with Crippen LogP contribution in [0, 0.1) is 0 Å². The van der Waals surface area contributed by atoms with Crippen LogP contribution in [-0.2, 0) is 0 Å². The SMILES string of the molecule is C=C.C=C/C(Br)=C\C. The van der Waals surface area contributed by atoms with Gasteiger partial charge >= 0.3 is 0 Å². The van der Waals surface area contributed by atoms with Gasteiger partial charge in [0.2, 0.25) is 0 Å². The third-order valence-corrected chi connectivity index (χ3v) is 1.25. The van der Waals surface area contributed by atoms with Gasteiger partial charge in [-0.15, -0.1) is 13.2 Å². The van der Waals surface area contributed by atoms with Crippen molar-refractivity contribution >= 4 is 15.9 Å². The summed E-state index contributed by atoms with van der Waals surface area (Å²) in [5.74, 6) is 0. The maximum atomic E-state index is 3.52. The summed E-state index contributed by atoms with van der Waals surface area (Å²) in [4.78, 5) is 0. The number of rotatable bonds is 1. The van der Waals surface area contributed by atoms with Gasteiger partial charge in [-0.3, -0.25) is 0 Å². The van der Waals surface area contributed by atoms with Gasteiger partial charge in [0, 0.05) is 4.48 Å². The summed E-state index contributed by atoms with van der Waals surface area (Å²) < 4.78 is 1.04. The van der Waals surface area contributed by atoms with Gasteiger partial charge in [-0.1, -0.05) is 34.7 Å². The summed E-state index contributed by atoms with van der Waals surface area (Å²) in [7, 11) is 0. The zero-order valence-corrected chi connectivity index (χ0v) is 6.74. The molecule has 46 valence electrons. The van der Waals surface area contributed by atoms with E-state index in [4.69, 9.17) is 0 Å². The Morgan fingerprint density at radius 2 is 1.88 bits per heavy atom. The minimum atomic E-state index is 1.04. The second kappa shape index (κ2) is 9.85. The molecule has 0 aromatic rings. The summed E-state index contributed by atoms with van der Waals surface area (Å²) in [6.45, 7) is 11.5. The molecule has 0 saturated heterocycles. The highest BCUT2D eigenvalue weighted by Crippen LogP contribution is 2.02. The molecule has 1 heteroatoms. The van der Waals surface area contributed by atoms with Crippen LogP contribution in [0.3, 0.4) is 0 Å². The van der Waals surface area contributed by atoms with Crippen LogP contribution in [0.25, 0.3) is 0 Å². The highest BCUT2D eigenvalue weighted by atomic mass is 79.9. The lowest BCUT2D eigenvalue weighted by Gasteiger charge is -1.75. The fourth-order valence-electron chi connectivity index (χ4n) is 0.118. The molecule has 0 aromatic heterocycles. The monoisotopic (exact) mass is 174 g/mol. The van der Waals surface area contributed by atoms with Crippen molar-refractivity contribution < 1.29 is 0 Å². The molecule has 0 saturated carbocycles. The first-order valence-corrected chi connectivity index (χ1v) is 3.04. The quantitative estimate of drug-likeness (QED) is 0.423. The van der Waals surface area contributed by atoms with E-state index in [1.54, 1.807) is 6.08 Å². The average Bonchev–Trinajstić information content (AvgIpc) is 1.91. The van der Waals surface area contributed by atoms with Crippen LogP contribution in [0.2, 0.25) is 0 Å². The van der Waals surface area contributed by atoms with Crippen LogP contribution in [0.15, 0.2) is 36.4 Å². The molecule has 0 spiro atoms. The van der Waals surface area contributed by atoms with Crippen LogP contribution >= 0.6 is 15.9 Å². The van der Waals surface area contributed by atoms with E-state index >= 15 is 0 Å². The highest BCUT2D eigenvalue weighted by Gasteiger charge is 1.69. The van der Waals surface area contributed by atoms with E-state index in [2.05, 4.69) is 35.7 Å². The van der Waals surface area contributed by atoms with Gasteiger partial charge in [0.25, 0.3) is 0 Å². The Labute approximate surface area is 59.7 Å². The van der Waals surface area contributed by atoms with Crippen molar-refractivity contribution in [2.24, 2.45) is 0 Å². The van der Waals surface area contributed by atoms with Crippen LogP contribution in [0.1, 0.15) is 6.92 Å². The summed E-state index contributed by atoms with van der Waals surface area (Å²) >= 11 is 3.22. The predicted molar refractivity (Wildman–Crippen MR) is 44.1 cm³/mol. The lowest BCUT2D eigenvalue weighted by atomic mass is 10.5. The highest BCUT2D eigenvalue weighted by molar-refractivity contribution is 9.11. The smallest absolute Gasteiger partial charge is 0.0126 e. The minimum Gasteiger partial charge on any atom is -0.106 e. The lowest BCUT2D eigenvalue weighted by Crippen LogP contribution is -1.49. The molecule has 0 aliphatic carbocycles. The molecule has 0 atom stereocenters. The normalized spacial score (nSPS) is 9.00. The Kier molecular flexibility index (Phi) is 13.1. The van der Waals surface area contributed by atoms with Crippen LogP contribution < -0.4 is 0 Å². The Balaban J connectivity index is 0. The van der Waals surface area contributed by atoms with Gasteiger partial charge in [-0.25, -0.2) is 0 Å².